The van der Waals surface area contributed by atoms with Crippen LogP contribution < -0.4 is 5.73 Å². The molecular formula is C14H19ClN2O3S. The van der Waals surface area contributed by atoms with Crippen molar-refractivity contribution in [1.29, 1.82) is 0 Å². The summed E-state index contributed by atoms with van der Waals surface area (Å²) in [6, 6.07) is 4.51. The minimum atomic E-state index is -3.69. The second kappa shape index (κ2) is 7.78. The number of halogens is 1. The third kappa shape index (κ3) is 4.99. The Labute approximate surface area is 130 Å². The Bertz CT molecular complexity index is 648. The molecule has 116 valence electrons. The molecule has 1 rings (SSSR count). The summed E-state index contributed by atoms with van der Waals surface area (Å²) in [5, 5.41) is 9.35. The van der Waals surface area contributed by atoms with Crippen LogP contribution in [0.3, 0.4) is 0 Å². The molecule has 3 N–H and O–H groups in total. The summed E-state index contributed by atoms with van der Waals surface area (Å²) in [4.78, 5) is 0.0237. The van der Waals surface area contributed by atoms with Crippen LogP contribution in [0.15, 0.2) is 23.1 Å². The fraction of sp³-hybridized carbons (Fsp3) is 0.429. The Morgan fingerprint density at radius 3 is 2.67 bits per heavy atom. The van der Waals surface area contributed by atoms with Gasteiger partial charge in [0.25, 0.3) is 0 Å². The average Bonchev–Trinajstić information content (AvgIpc) is 2.42. The fourth-order valence-corrected chi connectivity index (χ4v) is 3.30. The Balaban J connectivity index is 3.03. The van der Waals surface area contributed by atoms with E-state index in [0.29, 0.717) is 12.0 Å². The summed E-state index contributed by atoms with van der Waals surface area (Å²) in [7, 11) is -2.23. The molecule has 0 aromatic heterocycles. The van der Waals surface area contributed by atoms with Gasteiger partial charge in [0.05, 0.1) is 17.7 Å². The SMILES string of the molecule is CC(O)CCN(C)S(=O)(=O)c1ccc(C#CCN)cc1Cl. The first-order chi connectivity index (χ1) is 9.78. The summed E-state index contributed by atoms with van der Waals surface area (Å²) in [6.07, 6.45) is -0.208. The van der Waals surface area contributed by atoms with E-state index >= 15 is 0 Å². The van der Waals surface area contributed by atoms with Gasteiger partial charge in [-0.05, 0) is 31.5 Å². The Kier molecular flexibility index (Phi) is 6.65. The first-order valence-corrected chi connectivity index (χ1v) is 8.23. The van der Waals surface area contributed by atoms with E-state index in [1.54, 1.807) is 13.0 Å². The Morgan fingerprint density at radius 1 is 1.48 bits per heavy atom. The van der Waals surface area contributed by atoms with E-state index in [9.17, 15) is 13.5 Å². The van der Waals surface area contributed by atoms with Gasteiger partial charge < -0.3 is 10.8 Å². The van der Waals surface area contributed by atoms with Crippen LogP contribution in [0.5, 0.6) is 0 Å². The van der Waals surface area contributed by atoms with Crippen LogP contribution >= 0.6 is 11.6 Å². The van der Waals surface area contributed by atoms with E-state index in [0.717, 1.165) is 0 Å². The zero-order valence-electron chi connectivity index (χ0n) is 12.0. The van der Waals surface area contributed by atoms with Crippen molar-refractivity contribution >= 4 is 21.6 Å². The largest absolute Gasteiger partial charge is 0.393 e. The molecule has 21 heavy (non-hydrogen) atoms. The highest BCUT2D eigenvalue weighted by Crippen LogP contribution is 2.25. The number of aliphatic hydroxyl groups excluding tert-OH is 1. The van der Waals surface area contributed by atoms with Crippen molar-refractivity contribution in [2.75, 3.05) is 20.1 Å². The van der Waals surface area contributed by atoms with Gasteiger partial charge in [0.1, 0.15) is 4.90 Å². The van der Waals surface area contributed by atoms with Crippen LogP contribution in [0, 0.1) is 11.8 Å². The summed E-state index contributed by atoms with van der Waals surface area (Å²) < 4.78 is 26.0. The predicted octanol–water partition coefficient (Wildman–Crippen LogP) is 1.04. The molecule has 0 saturated heterocycles. The maximum atomic E-state index is 12.4. The smallest absolute Gasteiger partial charge is 0.244 e. The second-order valence-corrected chi connectivity index (χ2v) is 7.04. The molecule has 0 aliphatic carbocycles. The number of hydrogen-bond acceptors (Lipinski definition) is 4. The number of rotatable bonds is 5. The lowest BCUT2D eigenvalue weighted by Gasteiger charge is -2.18. The van der Waals surface area contributed by atoms with Gasteiger partial charge in [-0.3, -0.25) is 0 Å². The maximum Gasteiger partial charge on any atom is 0.244 e. The third-order valence-corrected chi connectivity index (χ3v) is 5.16. The molecule has 7 heteroatoms. The summed E-state index contributed by atoms with van der Waals surface area (Å²) >= 11 is 6.05. The lowest BCUT2D eigenvalue weighted by molar-refractivity contribution is 0.177. The molecule has 0 spiro atoms. The molecule has 0 radical (unpaired) electrons. The highest BCUT2D eigenvalue weighted by molar-refractivity contribution is 7.89. The van der Waals surface area contributed by atoms with Gasteiger partial charge in [0.15, 0.2) is 0 Å². The monoisotopic (exact) mass is 330 g/mol. The third-order valence-electron chi connectivity index (χ3n) is 2.82. The summed E-state index contributed by atoms with van der Waals surface area (Å²) in [5.41, 5.74) is 5.89. The number of sulfonamides is 1. The van der Waals surface area contributed by atoms with E-state index in [2.05, 4.69) is 11.8 Å². The first kappa shape index (κ1) is 18.0. The van der Waals surface area contributed by atoms with Gasteiger partial charge in [-0.25, -0.2) is 12.7 Å². The van der Waals surface area contributed by atoms with Crippen LogP contribution in [0.2, 0.25) is 5.02 Å². The van der Waals surface area contributed by atoms with E-state index < -0.39 is 16.1 Å². The number of benzene rings is 1. The Hall–Kier alpha value is -1.10. The maximum absolute atomic E-state index is 12.4. The molecule has 0 aliphatic rings. The molecule has 0 bridgehead atoms. The lowest BCUT2D eigenvalue weighted by atomic mass is 10.2. The fourth-order valence-electron chi connectivity index (χ4n) is 1.60. The molecule has 0 heterocycles. The molecule has 0 fully saturated rings. The van der Waals surface area contributed by atoms with Crippen molar-refractivity contribution in [3.63, 3.8) is 0 Å². The molecule has 1 atom stereocenters. The van der Waals surface area contributed by atoms with Gasteiger partial charge in [-0.1, -0.05) is 23.4 Å². The topological polar surface area (TPSA) is 83.6 Å². The molecule has 1 unspecified atom stereocenters. The van der Waals surface area contributed by atoms with Crippen LogP contribution in [-0.2, 0) is 10.0 Å². The highest BCUT2D eigenvalue weighted by Gasteiger charge is 2.23. The molecule has 0 aliphatic heterocycles. The van der Waals surface area contributed by atoms with E-state index in [4.69, 9.17) is 17.3 Å². The second-order valence-electron chi connectivity index (χ2n) is 4.62. The van der Waals surface area contributed by atoms with Crippen molar-refractivity contribution < 1.29 is 13.5 Å². The average molecular weight is 331 g/mol. The van der Waals surface area contributed by atoms with Gasteiger partial charge >= 0.3 is 0 Å². The quantitative estimate of drug-likeness (QED) is 0.790. The minimum absolute atomic E-state index is 0.0237. The zero-order valence-corrected chi connectivity index (χ0v) is 13.6. The summed E-state index contributed by atoms with van der Waals surface area (Å²) in [6.45, 7) is 2.04. The zero-order chi connectivity index (χ0) is 16.0. The normalized spacial score (nSPS) is 12.9. The molecule has 0 amide bonds. The van der Waals surface area contributed by atoms with Gasteiger partial charge in [0, 0.05) is 19.2 Å². The van der Waals surface area contributed by atoms with Crippen LogP contribution in [0.25, 0.3) is 0 Å². The molecule has 0 saturated carbocycles. The Morgan fingerprint density at radius 2 is 2.14 bits per heavy atom. The highest BCUT2D eigenvalue weighted by atomic mass is 35.5. The van der Waals surface area contributed by atoms with Gasteiger partial charge in [-0.2, -0.15) is 0 Å². The number of aliphatic hydroxyl groups is 1. The van der Waals surface area contributed by atoms with E-state index in [1.807, 2.05) is 0 Å². The van der Waals surface area contributed by atoms with Crippen molar-refractivity contribution in [2.45, 2.75) is 24.3 Å². The van der Waals surface area contributed by atoms with E-state index in [-0.39, 0.29) is 23.0 Å². The molecule has 1 aromatic carbocycles. The van der Waals surface area contributed by atoms with Crippen LogP contribution in [0.1, 0.15) is 18.9 Å². The first-order valence-electron chi connectivity index (χ1n) is 6.42. The van der Waals surface area contributed by atoms with Gasteiger partial charge in [-0.15, -0.1) is 0 Å². The van der Waals surface area contributed by atoms with Crippen molar-refractivity contribution in [2.24, 2.45) is 5.73 Å². The van der Waals surface area contributed by atoms with Gasteiger partial charge in [0.2, 0.25) is 10.0 Å². The minimum Gasteiger partial charge on any atom is -0.393 e. The number of hydrogen-bond donors (Lipinski definition) is 2. The lowest BCUT2D eigenvalue weighted by Crippen LogP contribution is -2.29. The standard InChI is InChI=1S/C14H19ClN2O3S/c1-11(18)7-9-17(2)21(19,20)14-6-5-12(4-3-8-16)10-13(14)15/h5-6,10-11,18H,7-9,16H2,1-2H3. The van der Waals surface area contributed by atoms with E-state index in [1.165, 1.54) is 23.5 Å². The van der Waals surface area contributed by atoms with Crippen molar-refractivity contribution in [3.8, 4) is 11.8 Å². The molecule has 5 nitrogen and oxygen atoms in total. The van der Waals surface area contributed by atoms with Crippen LogP contribution in [0.4, 0.5) is 0 Å². The van der Waals surface area contributed by atoms with Crippen molar-refractivity contribution in [3.05, 3.63) is 28.8 Å². The van der Waals surface area contributed by atoms with Crippen LogP contribution in [-0.4, -0.2) is 44.1 Å². The number of nitrogens with zero attached hydrogens (tertiary/aromatic N) is 1. The van der Waals surface area contributed by atoms with Crippen molar-refractivity contribution in [1.82, 2.24) is 4.31 Å². The molecular weight excluding hydrogens is 312 g/mol. The predicted molar refractivity (Wildman–Crippen MR) is 83.5 cm³/mol. The molecule has 1 aromatic rings. The summed E-state index contributed by atoms with van der Waals surface area (Å²) in [5.74, 6) is 5.47. The number of nitrogens with two attached hydrogens (primary N) is 1.